The molecule has 1 aromatic heterocycles. The molecule has 0 aliphatic carbocycles. The highest BCUT2D eigenvalue weighted by Crippen LogP contribution is 2.35. The van der Waals surface area contributed by atoms with Gasteiger partial charge in [-0.15, -0.1) is 0 Å². The van der Waals surface area contributed by atoms with E-state index in [9.17, 15) is 13.2 Å². The molecular formula is C16H18F3N3O2. The maximum absolute atomic E-state index is 13.0. The van der Waals surface area contributed by atoms with E-state index in [0.717, 1.165) is 0 Å². The Hall–Kier alpha value is -2.51. The van der Waals surface area contributed by atoms with E-state index in [1.807, 2.05) is 6.92 Å². The summed E-state index contributed by atoms with van der Waals surface area (Å²) in [5.74, 6) is 0.212. The first-order valence-corrected chi connectivity index (χ1v) is 7.40. The Morgan fingerprint density at radius 2 is 1.83 bits per heavy atom. The van der Waals surface area contributed by atoms with E-state index < -0.39 is 23.7 Å². The van der Waals surface area contributed by atoms with Crippen molar-refractivity contribution in [1.29, 1.82) is 0 Å². The number of alkyl halides is 3. The van der Waals surface area contributed by atoms with Crippen molar-refractivity contribution in [3.8, 4) is 11.6 Å². The van der Waals surface area contributed by atoms with Gasteiger partial charge in [-0.05, 0) is 45.0 Å². The van der Waals surface area contributed by atoms with Gasteiger partial charge in [-0.1, -0.05) is 0 Å². The van der Waals surface area contributed by atoms with Crippen molar-refractivity contribution in [2.75, 3.05) is 11.9 Å². The molecule has 0 radical (unpaired) electrons. The number of halogens is 3. The molecule has 1 N–H and O–H groups in total. The molecule has 2 rings (SSSR count). The van der Waals surface area contributed by atoms with E-state index in [2.05, 4.69) is 15.3 Å². The minimum atomic E-state index is -4.58. The van der Waals surface area contributed by atoms with Gasteiger partial charge in [0.1, 0.15) is 11.3 Å². The summed E-state index contributed by atoms with van der Waals surface area (Å²) < 4.78 is 49.4. The average Bonchev–Trinajstić information content (AvgIpc) is 2.48. The number of hydrogen-bond donors (Lipinski definition) is 1. The van der Waals surface area contributed by atoms with Crippen LogP contribution in [-0.2, 0) is 6.18 Å². The third-order valence-corrected chi connectivity index (χ3v) is 2.83. The van der Waals surface area contributed by atoms with Crippen LogP contribution in [-0.4, -0.2) is 22.7 Å². The Bertz CT molecular complexity index is 673. The summed E-state index contributed by atoms with van der Waals surface area (Å²) in [6.45, 7) is 5.67. The second-order valence-electron chi connectivity index (χ2n) is 5.16. The molecule has 130 valence electrons. The number of nitrogens with zero attached hydrogens (tertiary/aromatic N) is 2. The van der Waals surface area contributed by atoms with Crippen LogP contribution in [0.2, 0.25) is 0 Å². The highest BCUT2D eigenvalue weighted by Gasteiger charge is 2.36. The molecule has 24 heavy (non-hydrogen) atoms. The molecule has 0 spiro atoms. The van der Waals surface area contributed by atoms with Crippen LogP contribution in [0.1, 0.15) is 26.3 Å². The molecule has 0 saturated carbocycles. The molecule has 1 aromatic carbocycles. The lowest BCUT2D eigenvalue weighted by molar-refractivity contribution is -0.139. The fourth-order valence-electron chi connectivity index (χ4n) is 1.86. The topological polar surface area (TPSA) is 56.3 Å². The number of hydrogen-bond acceptors (Lipinski definition) is 5. The second-order valence-corrected chi connectivity index (χ2v) is 5.16. The van der Waals surface area contributed by atoms with Gasteiger partial charge < -0.3 is 14.8 Å². The largest absolute Gasteiger partial charge is 0.494 e. The van der Waals surface area contributed by atoms with Gasteiger partial charge >= 0.3 is 6.18 Å². The van der Waals surface area contributed by atoms with Crippen molar-refractivity contribution < 1.29 is 22.6 Å². The Morgan fingerprint density at radius 1 is 1.17 bits per heavy atom. The van der Waals surface area contributed by atoms with Gasteiger partial charge in [-0.3, -0.25) is 0 Å². The molecular weight excluding hydrogens is 323 g/mol. The molecule has 8 heteroatoms. The molecule has 0 bridgehead atoms. The van der Waals surface area contributed by atoms with Crippen molar-refractivity contribution in [2.24, 2.45) is 0 Å². The van der Waals surface area contributed by atoms with Crippen LogP contribution in [0, 0.1) is 0 Å². The highest BCUT2D eigenvalue weighted by atomic mass is 19.4. The van der Waals surface area contributed by atoms with Gasteiger partial charge in [-0.25, -0.2) is 4.98 Å². The van der Waals surface area contributed by atoms with Crippen LogP contribution in [0.3, 0.4) is 0 Å². The lowest BCUT2D eigenvalue weighted by Gasteiger charge is -2.16. The maximum atomic E-state index is 13.0. The summed E-state index contributed by atoms with van der Waals surface area (Å²) in [6, 6.07) is 6.91. The van der Waals surface area contributed by atoms with Crippen LogP contribution in [0.25, 0.3) is 0 Å². The third kappa shape index (κ3) is 4.74. The monoisotopic (exact) mass is 341 g/mol. The van der Waals surface area contributed by atoms with Crippen molar-refractivity contribution in [3.63, 3.8) is 0 Å². The highest BCUT2D eigenvalue weighted by molar-refractivity contribution is 5.55. The van der Waals surface area contributed by atoms with E-state index in [-0.39, 0.29) is 5.95 Å². The molecule has 2 aromatic rings. The van der Waals surface area contributed by atoms with E-state index in [0.29, 0.717) is 24.2 Å². The number of aromatic nitrogens is 2. The number of nitrogens with one attached hydrogen (secondary N) is 1. The van der Waals surface area contributed by atoms with Gasteiger partial charge in [0.25, 0.3) is 0 Å². The normalized spacial score (nSPS) is 11.5. The van der Waals surface area contributed by atoms with Crippen molar-refractivity contribution >= 4 is 11.6 Å². The Labute approximate surface area is 137 Å². The van der Waals surface area contributed by atoms with E-state index in [1.165, 1.54) is 0 Å². The first-order chi connectivity index (χ1) is 11.3. The summed E-state index contributed by atoms with van der Waals surface area (Å²) in [6.07, 6.45) is -4.32. The SMILES string of the molecule is CCOc1ccc(Nc2ncc(C(F)(F)F)c(OC(C)C)n2)cc1. The van der Waals surface area contributed by atoms with Crippen molar-refractivity contribution in [3.05, 3.63) is 36.0 Å². The molecule has 0 fully saturated rings. The Morgan fingerprint density at radius 3 is 2.38 bits per heavy atom. The zero-order valence-electron chi connectivity index (χ0n) is 13.5. The third-order valence-electron chi connectivity index (χ3n) is 2.83. The Balaban J connectivity index is 2.24. The zero-order valence-corrected chi connectivity index (χ0v) is 13.5. The zero-order chi connectivity index (χ0) is 17.7. The van der Waals surface area contributed by atoms with Crippen molar-refractivity contribution in [1.82, 2.24) is 9.97 Å². The number of benzene rings is 1. The van der Waals surface area contributed by atoms with Crippen molar-refractivity contribution in [2.45, 2.75) is 33.1 Å². The first kappa shape index (κ1) is 17.8. The lowest BCUT2D eigenvalue weighted by Crippen LogP contribution is -2.15. The predicted molar refractivity (Wildman–Crippen MR) is 83.7 cm³/mol. The second kappa shape index (κ2) is 7.37. The van der Waals surface area contributed by atoms with Gasteiger partial charge in [0.05, 0.1) is 12.7 Å². The minimum absolute atomic E-state index is 0.0165. The van der Waals surface area contributed by atoms with E-state index in [1.54, 1.807) is 38.1 Å². The van der Waals surface area contributed by atoms with Crippen LogP contribution in [0.5, 0.6) is 11.6 Å². The van der Waals surface area contributed by atoms with Gasteiger partial charge in [-0.2, -0.15) is 18.2 Å². The maximum Gasteiger partial charge on any atom is 0.423 e. The molecule has 5 nitrogen and oxygen atoms in total. The van der Waals surface area contributed by atoms with Crippen LogP contribution >= 0.6 is 0 Å². The summed E-state index contributed by atoms with van der Waals surface area (Å²) >= 11 is 0. The predicted octanol–water partition coefficient (Wildman–Crippen LogP) is 4.42. The summed E-state index contributed by atoms with van der Waals surface area (Å²) in [4.78, 5) is 7.55. The molecule has 0 amide bonds. The molecule has 0 aliphatic heterocycles. The van der Waals surface area contributed by atoms with Gasteiger partial charge in [0.15, 0.2) is 0 Å². The summed E-state index contributed by atoms with van der Waals surface area (Å²) in [5.41, 5.74) is -0.387. The molecule has 0 saturated heterocycles. The van der Waals surface area contributed by atoms with Gasteiger partial charge in [0.2, 0.25) is 11.8 Å². The molecule has 0 aliphatic rings. The van der Waals surface area contributed by atoms with Crippen LogP contribution < -0.4 is 14.8 Å². The number of anilines is 2. The number of rotatable bonds is 6. The average molecular weight is 341 g/mol. The van der Waals surface area contributed by atoms with Gasteiger partial charge in [0, 0.05) is 11.9 Å². The van der Waals surface area contributed by atoms with E-state index in [4.69, 9.17) is 9.47 Å². The first-order valence-electron chi connectivity index (χ1n) is 7.40. The minimum Gasteiger partial charge on any atom is -0.494 e. The molecule has 0 unspecified atom stereocenters. The molecule has 0 atom stereocenters. The van der Waals surface area contributed by atoms with Crippen LogP contribution in [0.15, 0.2) is 30.5 Å². The fourth-order valence-corrected chi connectivity index (χ4v) is 1.86. The smallest absolute Gasteiger partial charge is 0.423 e. The van der Waals surface area contributed by atoms with E-state index >= 15 is 0 Å². The standard InChI is InChI=1S/C16H18F3N3O2/c1-4-23-12-7-5-11(6-8-12)21-15-20-9-13(16(17,18)19)14(22-15)24-10(2)3/h5-10H,4H2,1-3H3,(H,20,21,22). The fraction of sp³-hybridized carbons (Fsp3) is 0.375. The summed E-state index contributed by atoms with van der Waals surface area (Å²) in [5, 5.41) is 2.84. The quantitative estimate of drug-likeness (QED) is 0.843. The lowest BCUT2D eigenvalue weighted by atomic mass is 10.3. The Kier molecular flexibility index (Phi) is 5.48. The summed E-state index contributed by atoms with van der Waals surface area (Å²) in [7, 11) is 0. The number of ether oxygens (including phenoxy) is 2. The molecule has 1 heterocycles. The van der Waals surface area contributed by atoms with Crippen LogP contribution in [0.4, 0.5) is 24.8 Å².